The smallest absolute Gasteiger partial charge is 0.159 e. The Morgan fingerprint density at radius 3 is 2.40 bits per heavy atom. The Balaban J connectivity index is 1.22. The number of hydrogen-bond donors (Lipinski definition) is 0. The second-order valence-corrected chi connectivity index (χ2v) is 9.47. The van der Waals surface area contributed by atoms with Gasteiger partial charge in [0, 0.05) is 40.8 Å². The molecule has 1 saturated carbocycles. The van der Waals surface area contributed by atoms with Gasteiger partial charge in [-0.25, -0.2) is 9.97 Å². The lowest BCUT2D eigenvalue weighted by Gasteiger charge is -2.28. The minimum atomic E-state index is 0.444. The number of hydrogen-bond acceptors (Lipinski definition) is 7. The molecule has 0 spiro atoms. The van der Waals surface area contributed by atoms with Gasteiger partial charge in [0.15, 0.2) is 5.82 Å². The third-order valence-corrected chi connectivity index (χ3v) is 6.52. The van der Waals surface area contributed by atoms with Crippen molar-refractivity contribution < 1.29 is 4.74 Å². The molecule has 0 aliphatic heterocycles. The standard InChI is InChI=1S/C27H31N7O/c1-33(2)19-35-18-20-6-8-26(9-7-20)34-17-25(16-32-34)24-13-28-27(29-14-24)22-5-3-4-21(12-22)23-10-11-30-31-15-23/h3-5,10-17,20,26H,6-9,18-19H2,1-2H3. The number of aromatic nitrogens is 6. The fourth-order valence-corrected chi connectivity index (χ4v) is 4.59. The summed E-state index contributed by atoms with van der Waals surface area (Å²) in [4.78, 5) is 11.3. The van der Waals surface area contributed by atoms with E-state index in [4.69, 9.17) is 4.74 Å². The molecule has 0 atom stereocenters. The van der Waals surface area contributed by atoms with Gasteiger partial charge in [0.05, 0.1) is 38.0 Å². The molecule has 0 bridgehead atoms. The molecule has 3 heterocycles. The predicted octanol–water partition coefficient (Wildman–Crippen LogP) is 4.73. The molecule has 1 fully saturated rings. The van der Waals surface area contributed by atoms with Crippen LogP contribution in [0.25, 0.3) is 33.6 Å². The van der Waals surface area contributed by atoms with Gasteiger partial charge in [-0.2, -0.15) is 15.3 Å². The van der Waals surface area contributed by atoms with E-state index in [9.17, 15) is 0 Å². The van der Waals surface area contributed by atoms with Gasteiger partial charge in [0.1, 0.15) is 0 Å². The van der Waals surface area contributed by atoms with Crippen molar-refractivity contribution in [3.05, 3.63) is 67.5 Å². The summed E-state index contributed by atoms with van der Waals surface area (Å²) in [5.41, 5.74) is 5.06. The predicted molar refractivity (Wildman–Crippen MR) is 135 cm³/mol. The lowest BCUT2D eigenvalue weighted by atomic mass is 9.86. The maximum atomic E-state index is 5.79. The van der Waals surface area contributed by atoms with E-state index in [2.05, 4.69) is 47.1 Å². The molecule has 8 heteroatoms. The van der Waals surface area contributed by atoms with Gasteiger partial charge < -0.3 is 4.74 Å². The van der Waals surface area contributed by atoms with E-state index in [-0.39, 0.29) is 0 Å². The Morgan fingerprint density at radius 1 is 0.857 bits per heavy atom. The summed E-state index contributed by atoms with van der Waals surface area (Å²) in [6.45, 7) is 1.54. The van der Waals surface area contributed by atoms with Crippen LogP contribution in [0.3, 0.4) is 0 Å². The Hall–Kier alpha value is -3.49. The fraction of sp³-hybridized carbons (Fsp3) is 0.370. The molecule has 0 saturated heterocycles. The number of ether oxygens (including phenoxy) is 1. The largest absolute Gasteiger partial charge is 0.366 e. The highest BCUT2D eigenvalue weighted by Crippen LogP contribution is 2.33. The summed E-state index contributed by atoms with van der Waals surface area (Å²) in [5, 5.41) is 12.5. The molecule has 1 aromatic carbocycles. The molecule has 180 valence electrons. The highest BCUT2D eigenvalue weighted by atomic mass is 16.5. The fourth-order valence-electron chi connectivity index (χ4n) is 4.59. The molecule has 0 radical (unpaired) electrons. The van der Waals surface area contributed by atoms with Crippen molar-refractivity contribution in [2.24, 2.45) is 5.92 Å². The molecule has 0 amide bonds. The molecule has 8 nitrogen and oxygen atoms in total. The molecular weight excluding hydrogens is 438 g/mol. The average Bonchev–Trinajstić information content (AvgIpc) is 3.40. The van der Waals surface area contributed by atoms with E-state index in [1.54, 1.807) is 12.4 Å². The van der Waals surface area contributed by atoms with Gasteiger partial charge in [0.25, 0.3) is 0 Å². The van der Waals surface area contributed by atoms with Crippen molar-refractivity contribution in [3.63, 3.8) is 0 Å². The first kappa shape index (κ1) is 23.3. The Labute approximate surface area is 206 Å². The zero-order chi connectivity index (χ0) is 24.0. The maximum absolute atomic E-state index is 5.79. The maximum Gasteiger partial charge on any atom is 0.159 e. The van der Waals surface area contributed by atoms with Crippen LogP contribution in [0.4, 0.5) is 0 Å². The monoisotopic (exact) mass is 469 g/mol. The topological polar surface area (TPSA) is 81.9 Å². The molecule has 3 aromatic heterocycles. The molecule has 5 rings (SSSR count). The van der Waals surface area contributed by atoms with Gasteiger partial charge in [-0.1, -0.05) is 18.2 Å². The number of benzene rings is 1. The quantitative estimate of drug-likeness (QED) is 0.345. The lowest BCUT2D eigenvalue weighted by Crippen LogP contribution is -2.24. The van der Waals surface area contributed by atoms with Gasteiger partial charge in [-0.15, -0.1) is 0 Å². The molecule has 4 aromatic rings. The van der Waals surface area contributed by atoms with E-state index < -0.39 is 0 Å². The van der Waals surface area contributed by atoms with Crippen LogP contribution in [-0.4, -0.2) is 62.3 Å². The van der Waals surface area contributed by atoms with E-state index in [1.165, 1.54) is 12.8 Å². The molecule has 0 N–H and O–H groups in total. The summed E-state index contributed by atoms with van der Waals surface area (Å²) in [6.07, 6.45) is 15.9. The summed E-state index contributed by atoms with van der Waals surface area (Å²) in [6, 6.07) is 10.5. The molecule has 1 aliphatic rings. The second kappa shape index (κ2) is 10.8. The van der Waals surface area contributed by atoms with Crippen LogP contribution >= 0.6 is 0 Å². The zero-order valence-electron chi connectivity index (χ0n) is 20.3. The van der Waals surface area contributed by atoms with Crippen molar-refractivity contribution in [2.45, 2.75) is 31.7 Å². The van der Waals surface area contributed by atoms with E-state index in [1.807, 2.05) is 57.0 Å². The molecule has 1 aliphatic carbocycles. The van der Waals surface area contributed by atoms with Gasteiger partial charge in [0.2, 0.25) is 0 Å². The van der Waals surface area contributed by atoms with Gasteiger partial charge in [-0.05, 0) is 63.4 Å². The summed E-state index contributed by atoms with van der Waals surface area (Å²) in [5.74, 6) is 1.34. The Morgan fingerprint density at radius 2 is 1.66 bits per heavy atom. The number of rotatable bonds is 8. The minimum absolute atomic E-state index is 0.444. The molecular formula is C27H31N7O. The number of nitrogens with zero attached hydrogens (tertiary/aromatic N) is 7. The summed E-state index contributed by atoms with van der Waals surface area (Å²) in [7, 11) is 4.06. The first-order valence-electron chi connectivity index (χ1n) is 12.1. The highest BCUT2D eigenvalue weighted by Gasteiger charge is 2.23. The van der Waals surface area contributed by atoms with E-state index in [0.717, 1.165) is 47.3 Å². The van der Waals surface area contributed by atoms with Crippen LogP contribution in [0.1, 0.15) is 31.7 Å². The van der Waals surface area contributed by atoms with E-state index in [0.29, 0.717) is 24.5 Å². The highest BCUT2D eigenvalue weighted by molar-refractivity contribution is 5.70. The molecule has 35 heavy (non-hydrogen) atoms. The van der Waals surface area contributed by atoms with Crippen LogP contribution < -0.4 is 0 Å². The summed E-state index contributed by atoms with van der Waals surface area (Å²) >= 11 is 0. The van der Waals surface area contributed by atoms with Crippen LogP contribution in [0, 0.1) is 5.92 Å². The van der Waals surface area contributed by atoms with Crippen molar-refractivity contribution in [1.29, 1.82) is 0 Å². The van der Waals surface area contributed by atoms with Crippen LogP contribution in [-0.2, 0) is 4.74 Å². The Bertz CT molecular complexity index is 1220. The lowest BCUT2D eigenvalue weighted by molar-refractivity contribution is 0.0228. The van der Waals surface area contributed by atoms with Crippen molar-refractivity contribution in [2.75, 3.05) is 27.4 Å². The van der Waals surface area contributed by atoms with Crippen LogP contribution in [0.15, 0.2) is 67.5 Å². The molecule has 0 unspecified atom stereocenters. The van der Waals surface area contributed by atoms with Crippen LogP contribution in [0.2, 0.25) is 0 Å². The van der Waals surface area contributed by atoms with E-state index >= 15 is 0 Å². The minimum Gasteiger partial charge on any atom is -0.366 e. The average molecular weight is 470 g/mol. The zero-order valence-corrected chi connectivity index (χ0v) is 20.3. The van der Waals surface area contributed by atoms with Crippen LogP contribution in [0.5, 0.6) is 0 Å². The van der Waals surface area contributed by atoms with Gasteiger partial charge >= 0.3 is 0 Å². The van der Waals surface area contributed by atoms with Crippen molar-refractivity contribution in [1.82, 2.24) is 34.8 Å². The van der Waals surface area contributed by atoms with Crippen molar-refractivity contribution in [3.8, 4) is 33.6 Å². The third kappa shape index (κ3) is 5.78. The SMILES string of the molecule is CN(C)COCC1CCC(n2cc(-c3cnc(-c4cccc(-c5ccnnc5)c4)nc3)cn2)CC1. The Kier molecular flexibility index (Phi) is 7.20. The normalized spacial score (nSPS) is 18.1. The van der Waals surface area contributed by atoms with Gasteiger partial charge in [-0.3, -0.25) is 9.58 Å². The first-order valence-corrected chi connectivity index (χ1v) is 12.1. The second-order valence-electron chi connectivity index (χ2n) is 9.47. The third-order valence-electron chi connectivity index (χ3n) is 6.52. The first-order chi connectivity index (χ1) is 17.2. The summed E-state index contributed by atoms with van der Waals surface area (Å²) < 4.78 is 7.91. The van der Waals surface area contributed by atoms with Crippen molar-refractivity contribution >= 4 is 0 Å².